The number of methoxy groups -OCH3 is 1. The van der Waals surface area contributed by atoms with Gasteiger partial charge in [0.15, 0.2) is 5.79 Å². The molecule has 7 nitrogen and oxygen atoms in total. The smallest absolute Gasteiger partial charge is 0.344 e. The molecule has 0 aliphatic carbocycles. The first-order valence-corrected chi connectivity index (χ1v) is 8.21. The van der Waals surface area contributed by atoms with E-state index < -0.39 is 35.7 Å². The van der Waals surface area contributed by atoms with Crippen molar-refractivity contribution >= 4 is 16.9 Å². The molecular formula is C18H21NO6. The van der Waals surface area contributed by atoms with E-state index in [-0.39, 0.29) is 6.61 Å². The topological polar surface area (TPSA) is 90.0 Å². The monoisotopic (exact) mass is 347 g/mol. The van der Waals surface area contributed by atoms with Crippen molar-refractivity contribution in [3.8, 4) is 0 Å². The van der Waals surface area contributed by atoms with Crippen molar-refractivity contribution in [3.63, 3.8) is 0 Å². The molecule has 4 atom stereocenters. The van der Waals surface area contributed by atoms with Gasteiger partial charge in [0, 0.05) is 11.2 Å². The van der Waals surface area contributed by atoms with E-state index >= 15 is 0 Å². The van der Waals surface area contributed by atoms with E-state index in [4.69, 9.17) is 18.9 Å². The number of esters is 1. The highest BCUT2D eigenvalue weighted by atomic mass is 16.8. The number of ether oxygens (including phenoxy) is 4. The Balaban J connectivity index is 1.86. The number of aromatic amines is 1. The third-order valence-corrected chi connectivity index (χ3v) is 4.80. The highest BCUT2D eigenvalue weighted by molar-refractivity contribution is 5.84. The number of H-pyrrole nitrogens is 1. The number of aliphatic hydroxyl groups is 1. The first-order chi connectivity index (χ1) is 11.9. The summed E-state index contributed by atoms with van der Waals surface area (Å²) in [6.07, 6.45) is -2.25. The van der Waals surface area contributed by atoms with E-state index in [0.29, 0.717) is 5.69 Å². The van der Waals surface area contributed by atoms with Gasteiger partial charge in [-0.05, 0) is 31.4 Å². The predicted octanol–water partition coefficient (Wildman–Crippen LogP) is 1.66. The number of rotatable bonds is 3. The SMILES string of the molecule is COC(=O)[C@]12OC(C)(C)O[C@H]1[C@H](CO)O[C@@H]2c1cc2ccccc2[nH]1. The summed E-state index contributed by atoms with van der Waals surface area (Å²) in [6, 6.07) is 9.67. The Hall–Kier alpha value is -1.93. The molecule has 0 unspecified atom stereocenters. The van der Waals surface area contributed by atoms with Crippen LogP contribution in [0.3, 0.4) is 0 Å². The van der Waals surface area contributed by atoms with Crippen LogP contribution in [-0.4, -0.2) is 53.4 Å². The van der Waals surface area contributed by atoms with Crippen molar-refractivity contribution < 1.29 is 28.8 Å². The first-order valence-electron chi connectivity index (χ1n) is 8.21. The minimum absolute atomic E-state index is 0.292. The van der Waals surface area contributed by atoms with Crippen molar-refractivity contribution in [1.82, 2.24) is 4.98 Å². The quantitative estimate of drug-likeness (QED) is 0.821. The number of aliphatic hydroxyl groups excluding tert-OH is 1. The maximum Gasteiger partial charge on any atom is 0.344 e. The second-order valence-corrected chi connectivity index (χ2v) is 6.87. The molecular weight excluding hydrogens is 326 g/mol. The molecule has 2 N–H and O–H groups in total. The zero-order valence-electron chi connectivity index (χ0n) is 14.3. The van der Waals surface area contributed by atoms with Gasteiger partial charge in [-0.15, -0.1) is 0 Å². The normalized spacial score (nSPS) is 33.5. The molecule has 2 fully saturated rings. The number of para-hydroxylation sites is 1. The minimum atomic E-state index is -1.48. The average molecular weight is 347 g/mol. The lowest BCUT2D eigenvalue weighted by Crippen LogP contribution is -2.51. The molecule has 0 saturated carbocycles. The van der Waals surface area contributed by atoms with Crippen LogP contribution in [0.5, 0.6) is 0 Å². The maximum absolute atomic E-state index is 12.8. The minimum Gasteiger partial charge on any atom is -0.467 e. The van der Waals surface area contributed by atoms with Gasteiger partial charge in [0.05, 0.1) is 13.7 Å². The van der Waals surface area contributed by atoms with E-state index in [1.54, 1.807) is 13.8 Å². The molecule has 0 bridgehead atoms. The lowest BCUT2D eigenvalue weighted by atomic mass is 9.89. The number of hydrogen-bond acceptors (Lipinski definition) is 6. The number of benzene rings is 1. The Labute approximate surface area is 144 Å². The molecule has 1 aromatic heterocycles. The van der Waals surface area contributed by atoms with Crippen molar-refractivity contribution in [2.75, 3.05) is 13.7 Å². The van der Waals surface area contributed by atoms with Crippen molar-refractivity contribution in [2.24, 2.45) is 0 Å². The third-order valence-electron chi connectivity index (χ3n) is 4.80. The summed E-state index contributed by atoms with van der Waals surface area (Å²) in [7, 11) is 1.30. The summed E-state index contributed by atoms with van der Waals surface area (Å²) in [4.78, 5) is 16.0. The zero-order chi connectivity index (χ0) is 17.8. The van der Waals surface area contributed by atoms with Gasteiger partial charge in [0.1, 0.15) is 18.3 Å². The molecule has 7 heteroatoms. The number of carbonyl (C=O) groups excluding carboxylic acids is 1. The summed E-state index contributed by atoms with van der Waals surface area (Å²) in [5, 5.41) is 10.7. The second kappa shape index (κ2) is 5.54. The van der Waals surface area contributed by atoms with Crippen molar-refractivity contribution in [2.45, 2.75) is 43.5 Å². The predicted molar refractivity (Wildman–Crippen MR) is 87.8 cm³/mol. The Morgan fingerprint density at radius 2 is 2.12 bits per heavy atom. The second-order valence-electron chi connectivity index (χ2n) is 6.87. The summed E-state index contributed by atoms with van der Waals surface area (Å²) >= 11 is 0. The molecule has 2 aliphatic rings. The van der Waals surface area contributed by atoms with Crippen LogP contribution in [0.2, 0.25) is 0 Å². The van der Waals surface area contributed by atoms with Crippen molar-refractivity contribution in [3.05, 3.63) is 36.0 Å². The van der Waals surface area contributed by atoms with Gasteiger partial charge in [0.25, 0.3) is 0 Å². The lowest BCUT2D eigenvalue weighted by molar-refractivity contribution is -0.218. The van der Waals surface area contributed by atoms with E-state index in [0.717, 1.165) is 10.9 Å². The van der Waals surface area contributed by atoms with Gasteiger partial charge >= 0.3 is 5.97 Å². The van der Waals surface area contributed by atoms with Crippen LogP contribution in [0.25, 0.3) is 10.9 Å². The molecule has 0 spiro atoms. The van der Waals surface area contributed by atoms with Crippen LogP contribution in [0.15, 0.2) is 30.3 Å². The van der Waals surface area contributed by atoms with Crippen LogP contribution in [0.4, 0.5) is 0 Å². The number of hydrogen-bond donors (Lipinski definition) is 2. The van der Waals surface area contributed by atoms with Crippen LogP contribution >= 0.6 is 0 Å². The molecule has 2 saturated heterocycles. The van der Waals surface area contributed by atoms with Crippen LogP contribution in [0, 0.1) is 0 Å². The van der Waals surface area contributed by atoms with Crippen LogP contribution in [-0.2, 0) is 23.7 Å². The van der Waals surface area contributed by atoms with Gasteiger partial charge in [-0.1, -0.05) is 18.2 Å². The summed E-state index contributed by atoms with van der Waals surface area (Å²) in [5.74, 6) is -1.58. The van der Waals surface area contributed by atoms with E-state index in [1.807, 2.05) is 30.3 Å². The van der Waals surface area contributed by atoms with Crippen molar-refractivity contribution in [1.29, 1.82) is 0 Å². The van der Waals surface area contributed by atoms with Gasteiger partial charge in [-0.2, -0.15) is 0 Å². The summed E-state index contributed by atoms with van der Waals surface area (Å²) in [5.41, 5.74) is 0.115. The van der Waals surface area contributed by atoms with Gasteiger partial charge in [-0.3, -0.25) is 0 Å². The van der Waals surface area contributed by atoms with E-state index in [1.165, 1.54) is 7.11 Å². The molecule has 4 rings (SSSR count). The molecule has 3 heterocycles. The average Bonchev–Trinajstić information content (AvgIpc) is 3.21. The lowest BCUT2D eigenvalue weighted by Gasteiger charge is -2.29. The molecule has 1 aromatic carbocycles. The number of aromatic nitrogens is 1. The van der Waals surface area contributed by atoms with E-state index in [2.05, 4.69) is 4.98 Å². The Morgan fingerprint density at radius 3 is 2.80 bits per heavy atom. The highest BCUT2D eigenvalue weighted by Crippen LogP contribution is 2.53. The highest BCUT2D eigenvalue weighted by Gasteiger charge is 2.71. The third kappa shape index (κ3) is 2.31. The van der Waals surface area contributed by atoms with Gasteiger partial charge in [0.2, 0.25) is 5.60 Å². The fourth-order valence-corrected chi connectivity index (χ4v) is 3.89. The van der Waals surface area contributed by atoms with Crippen LogP contribution < -0.4 is 0 Å². The van der Waals surface area contributed by atoms with Crippen LogP contribution in [0.1, 0.15) is 25.6 Å². The number of fused-ring (bicyclic) bond motifs is 2. The maximum atomic E-state index is 12.8. The van der Waals surface area contributed by atoms with Gasteiger partial charge in [-0.25, -0.2) is 4.79 Å². The fourth-order valence-electron chi connectivity index (χ4n) is 3.89. The molecule has 134 valence electrons. The molecule has 2 aromatic rings. The zero-order valence-corrected chi connectivity index (χ0v) is 14.3. The Morgan fingerprint density at radius 1 is 1.36 bits per heavy atom. The molecule has 0 amide bonds. The molecule has 2 aliphatic heterocycles. The van der Waals surface area contributed by atoms with Gasteiger partial charge < -0.3 is 29.0 Å². The number of nitrogens with one attached hydrogen (secondary N) is 1. The molecule has 25 heavy (non-hydrogen) atoms. The summed E-state index contributed by atoms with van der Waals surface area (Å²) < 4.78 is 23.0. The first kappa shape index (κ1) is 16.5. The molecule has 0 radical (unpaired) electrons. The Bertz CT molecular complexity index is 782. The fraction of sp³-hybridized carbons (Fsp3) is 0.500. The summed E-state index contributed by atoms with van der Waals surface area (Å²) in [6.45, 7) is 3.17. The largest absolute Gasteiger partial charge is 0.467 e. The standard InChI is InChI=1S/C18H21NO6/c1-17(2)24-15-13(9-20)23-14(18(15,25-17)16(21)22-3)12-8-10-6-4-5-7-11(10)19-12/h4-8,13-15,19-20H,9H2,1-3H3/t13-,14+,15-,18+/m0/s1. The Kier molecular flexibility index (Phi) is 3.66. The number of carbonyl (C=O) groups is 1. The van der Waals surface area contributed by atoms with E-state index in [9.17, 15) is 9.90 Å².